The van der Waals surface area contributed by atoms with Gasteiger partial charge in [0.2, 0.25) is 5.91 Å². The minimum Gasteiger partial charge on any atom is -0.493 e. The van der Waals surface area contributed by atoms with E-state index in [9.17, 15) is 4.79 Å². The molecule has 1 heterocycles. The Morgan fingerprint density at radius 3 is 2.95 bits per heavy atom. The number of nitriles is 1. The van der Waals surface area contributed by atoms with Gasteiger partial charge in [-0.3, -0.25) is 4.79 Å². The van der Waals surface area contributed by atoms with Crippen LogP contribution in [-0.4, -0.2) is 30.5 Å². The average Bonchev–Trinajstić information content (AvgIpc) is 2.50. The molecule has 1 aliphatic heterocycles. The van der Waals surface area contributed by atoms with Crippen LogP contribution in [0, 0.1) is 11.3 Å². The van der Waals surface area contributed by atoms with Crippen molar-refractivity contribution in [1.82, 2.24) is 4.90 Å². The summed E-state index contributed by atoms with van der Waals surface area (Å²) in [6.45, 7) is 2.21. The summed E-state index contributed by atoms with van der Waals surface area (Å²) in [6, 6.07) is 9.25. The van der Waals surface area contributed by atoms with Crippen LogP contribution in [-0.2, 0) is 4.79 Å². The van der Waals surface area contributed by atoms with E-state index in [4.69, 9.17) is 10.00 Å². The molecule has 0 unspecified atom stereocenters. The SMILES string of the molecule is N#Cc1cccc(OCCCN2CCCCCCC2=O)c1. The lowest BCUT2D eigenvalue weighted by Gasteiger charge is -2.24. The number of benzene rings is 1. The van der Waals surface area contributed by atoms with Crippen molar-refractivity contribution in [1.29, 1.82) is 5.26 Å². The third-order valence-corrected chi connectivity index (χ3v) is 3.73. The van der Waals surface area contributed by atoms with Gasteiger partial charge in [0.1, 0.15) is 5.75 Å². The van der Waals surface area contributed by atoms with Crippen LogP contribution < -0.4 is 4.74 Å². The molecular formula is C17H22N2O2. The van der Waals surface area contributed by atoms with Crippen molar-refractivity contribution >= 4 is 5.91 Å². The van der Waals surface area contributed by atoms with Gasteiger partial charge in [0.05, 0.1) is 18.2 Å². The lowest BCUT2D eigenvalue weighted by molar-refractivity contribution is -0.131. The third-order valence-electron chi connectivity index (χ3n) is 3.73. The molecule has 1 aliphatic rings. The largest absolute Gasteiger partial charge is 0.493 e. The Kier molecular flexibility index (Phi) is 6.08. The van der Waals surface area contributed by atoms with Crippen molar-refractivity contribution in [2.75, 3.05) is 19.7 Å². The maximum Gasteiger partial charge on any atom is 0.222 e. The zero-order valence-corrected chi connectivity index (χ0v) is 12.4. The molecule has 0 atom stereocenters. The molecule has 0 N–H and O–H groups in total. The zero-order valence-electron chi connectivity index (χ0n) is 12.4. The predicted octanol–water partition coefficient (Wildman–Crippen LogP) is 3.12. The first-order valence-corrected chi connectivity index (χ1v) is 7.70. The van der Waals surface area contributed by atoms with Crippen LogP contribution in [0.1, 0.15) is 44.1 Å². The molecule has 0 aromatic heterocycles. The highest BCUT2D eigenvalue weighted by Gasteiger charge is 2.14. The Bertz CT molecular complexity index is 508. The number of rotatable bonds is 5. The molecule has 0 spiro atoms. The van der Waals surface area contributed by atoms with E-state index in [1.807, 2.05) is 17.0 Å². The van der Waals surface area contributed by atoms with Crippen LogP contribution >= 0.6 is 0 Å². The molecule has 0 saturated carbocycles. The topological polar surface area (TPSA) is 53.3 Å². The van der Waals surface area contributed by atoms with Crippen LogP contribution in [0.4, 0.5) is 0 Å². The van der Waals surface area contributed by atoms with Gasteiger partial charge in [-0.05, 0) is 37.5 Å². The second kappa shape index (κ2) is 8.31. The Morgan fingerprint density at radius 1 is 1.24 bits per heavy atom. The van der Waals surface area contributed by atoms with Crippen molar-refractivity contribution in [2.24, 2.45) is 0 Å². The number of nitrogens with zero attached hydrogens (tertiary/aromatic N) is 2. The lowest BCUT2D eigenvalue weighted by Crippen LogP contribution is -2.34. The smallest absolute Gasteiger partial charge is 0.222 e. The molecule has 4 heteroatoms. The van der Waals surface area contributed by atoms with Crippen molar-refractivity contribution in [2.45, 2.75) is 38.5 Å². The summed E-state index contributed by atoms with van der Waals surface area (Å²) >= 11 is 0. The van der Waals surface area contributed by atoms with E-state index in [-0.39, 0.29) is 5.91 Å². The van der Waals surface area contributed by atoms with E-state index in [2.05, 4.69) is 6.07 Å². The summed E-state index contributed by atoms with van der Waals surface area (Å²) < 4.78 is 5.64. The van der Waals surface area contributed by atoms with Crippen molar-refractivity contribution in [3.05, 3.63) is 29.8 Å². The van der Waals surface area contributed by atoms with E-state index in [0.29, 0.717) is 24.3 Å². The fraction of sp³-hybridized carbons (Fsp3) is 0.529. The molecule has 1 amide bonds. The van der Waals surface area contributed by atoms with E-state index >= 15 is 0 Å². The Balaban J connectivity index is 1.73. The van der Waals surface area contributed by atoms with Crippen molar-refractivity contribution in [3.63, 3.8) is 0 Å². The first-order valence-electron chi connectivity index (χ1n) is 7.70. The van der Waals surface area contributed by atoms with Gasteiger partial charge in [-0.2, -0.15) is 5.26 Å². The molecule has 1 aromatic carbocycles. The highest BCUT2D eigenvalue weighted by atomic mass is 16.5. The summed E-state index contributed by atoms with van der Waals surface area (Å²) in [4.78, 5) is 13.9. The van der Waals surface area contributed by atoms with Gasteiger partial charge < -0.3 is 9.64 Å². The minimum absolute atomic E-state index is 0.279. The average molecular weight is 286 g/mol. The van der Waals surface area contributed by atoms with Crippen LogP contribution in [0.15, 0.2) is 24.3 Å². The molecular weight excluding hydrogens is 264 g/mol. The van der Waals surface area contributed by atoms with Crippen LogP contribution in [0.5, 0.6) is 5.75 Å². The van der Waals surface area contributed by atoms with Gasteiger partial charge in [-0.15, -0.1) is 0 Å². The van der Waals surface area contributed by atoms with Gasteiger partial charge in [0.15, 0.2) is 0 Å². The van der Waals surface area contributed by atoms with Crippen LogP contribution in [0.25, 0.3) is 0 Å². The van der Waals surface area contributed by atoms with Gasteiger partial charge in [0.25, 0.3) is 0 Å². The quantitative estimate of drug-likeness (QED) is 0.781. The number of ether oxygens (including phenoxy) is 1. The predicted molar refractivity (Wildman–Crippen MR) is 80.9 cm³/mol. The summed E-state index contributed by atoms with van der Waals surface area (Å²) in [5.74, 6) is 0.995. The first-order chi connectivity index (χ1) is 10.3. The standard InChI is InChI=1S/C17H22N2O2/c18-14-15-7-5-8-16(13-15)21-12-6-11-19-10-4-2-1-3-9-17(19)20/h5,7-8,13H,1-4,6,9-12H2. The van der Waals surface area contributed by atoms with Gasteiger partial charge >= 0.3 is 0 Å². The summed E-state index contributed by atoms with van der Waals surface area (Å²) in [7, 11) is 0. The highest BCUT2D eigenvalue weighted by molar-refractivity contribution is 5.76. The molecule has 4 nitrogen and oxygen atoms in total. The fourth-order valence-corrected chi connectivity index (χ4v) is 2.55. The lowest BCUT2D eigenvalue weighted by atomic mass is 10.1. The fourth-order valence-electron chi connectivity index (χ4n) is 2.55. The number of hydrogen-bond donors (Lipinski definition) is 0. The van der Waals surface area contributed by atoms with Crippen molar-refractivity contribution in [3.8, 4) is 11.8 Å². The van der Waals surface area contributed by atoms with E-state index in [0.717, 1.165) is 32.4 Å². The maximum atomic E-state index is 12.0. The van der Waals surface area contributed by atoms with E-state index in [1.54, 1.807) is 12.1 Å². The van der Waals surface area contributed by atoms with E-state index < -0.39 is 0 Å². The van der Waals surface area contributed by atoms with Gasteiger partial charge in [-0.1, -0.05) is 18.9 Å². The molecule has 1 saturated heterocycles. The maximum absolute atomic E-state index is 12.0. The molecule has 1 fully saturated rings. The highest BCUT2D eigenvalue weighted by Crippen LogP contribution is 2.14. The van der Waals surface area contributed by atoms with Gasteiger partial charge in [0, 0.05) is 19.5 Å². The van der Waals surface area contributed by atoms with Crippen LogP contribution in [0.2, 0.25) is 0 Å². The number of amides is 1. The normalized spacial score (nSPS) is 16.0. The third kappa shape index (κ3) is 5.11. The van der Waals surface area contributed by atoms with Crippen molar-refractivity contribution < 1.29 is 9.53 Å². The molecule has 0 aliphatic carbocycles. The monoisotopic (exact) mass is 286 g/mol. The zero-order chi connectivity index (χ0) is 14.9. The Labute approximate surface area is 126 Å². The number of carbonyl (C=O) groups is 1. The second-order valence-electron chi connectivity index (χ2n) is 5.39. The number of hydrogen-bond acceptors (Lipinski definition) is 3. The Hall–Kier alpha value is -2.02. The summed E-state index contributed by atoms with van der Waals surface area (Å²) in [6.07, 6.45) is 6.04. The van der Waals surface area contributed by atoms with E-state index in [1.165, 1.54) is 12.8 Å². The first kappa shape index (κ1) is 15.4. The molecule has 1 aromatic rings. The molecule has 0 bridgehead atoms. The Morgan fingerprint density at radius 2 is 2.10 bits per heavy atom. The molecule has 21 heavy (non-hydrogen) atoms. The van der Waals surface area contributed by atoms with Crippen LogP contribution in [0.3, 0.4) is 0 Å². The molecule has 2 rings (SSSR count). The molecule has 0 radical (unpaired) electrons. The number of carbonyl (C=O) groups excluding carboxylic acids is 1. The summed E-state index contributed by atoms with van der Waals surface area (Å²) in [5, 5.41) is 8.83. The number of likely N-dealkylation sites (tertiary alicyclic amines) is 1. The summed E-state index contributed by atoms with van der Waals surface area (Å²) in [5.41, 5.74) is 0.603. The molecule has 112 valence electrons. The second-order valence-corrected chi connectivity index (χ2v) is 5.39. The minimum atomic E-state index is 0.279. The van der Waals surface area contributed by atoms with Gasteiger partial charge in [-0.25, -0.2) is 0 Å².